The van der Waals surface area contributed by atoms with Crippen LogP contribution in [0, 0.1) is 12.8 Å². The average molecular weight is 628 g/mol. The summed E-state index contributed by atoms with van der Waals surface area (Å²) < 4.78 is 8.05. The van der Waals surface area contributed by atoms with E-state index in [1.54, 1.807) is 0 Å². The molecule has 0 saturated heterocycles. The van der Waals surface area contributed by atoms with E-state index in [1.807, 2.05) is 36.5 Å². The van der Waals surface area contributed by atoms with Crippen LogP contribution in [0.1, 0.15) is 46.2 Å². The lowest BCUT2D eigenvalue weighted by Gasteiger charge is -2.37. The molecule has 1 aliphatic carbocycles. The largest absolute Gasteiger partial charge is 0.487 e. The van der Waals surface area contributed by atoms with E-state index in [1.165, 1.54) is 22.4 Å². The second-order valence-corrected chi connectivity index (χ2v) is 11.8. The molecule has 4 aromatic carbocycles. The van der Waals surface area contributed by atoms with Gasteiger partial charge in [-0.05, 0) is 82.2 Å². The Balaban J connectivity index is 1.22. The second-order valence-electron chi connectivity index (χ2n) is 10.00. The summed E-state index contributed by atoms with van der Waals surface area (Å²) in [5, 5.41) is 3.83. The monoisotopic (exact) mass is 626 g/mol. The molecule has 0 saturated carbocycles. The molecular formula is C33H28Br2N2O. The van der Waals surface area contributed by atoms with Crippen LogP contribution in [-0.2, 0) is 6.61 Å². The van der Waals surface area contributed by atoms with Crippen LogP contribution in [0.4, 0.5) is 11.4 Å². The molecule has 3 atom stereocenters. The van der Waals surface area contributed by atoms with Crippen LogP contribution in [0.3, 0.4) is 0 Å². The number of nitrogens with zero attached hydrogens (tertiary/aromatic N) is 1. The van der Waals surface area contributed by atoms with Gasteiger partial charge in [0, 0.05) is 27.9 Å². The van der Waals surface area contributed by atoms with Crippen molar-refractivity contribution in [3.63, 3.8) is 0 Å². The molecule has 2 aliphatic rings. The maximum atomic E-state index is 6.20. The second kappa shape index (κ2) is 10.9. The van der Waals surface area contributed by atoms with E-state index in [0.717, 1.165) is 37.9 Å². The Morgan fingerprint density at radius 1 is 0.974 bits per heavy atom. The lowest BCUT2D eigenvalue weighted by atomic mass is 9.76. The number of aliphatic imine (C=N–C) groups is 1. The Morgan fingerprint density at radius 3 is 2.61 bits per heavy atom. The molecule has 0 unspecified atom stereocenters. The van der Waals surface area contributed by atoms with Crippen LogP contribution >= 0.6 is 31.9 Å². The number of nitrogens with one attached hydrogen (secondary N) is 1. The first-order chi connectivity index (χ1) is 18.5. The summed E-state index contributed by atoms with van der Waals surface area (Å²) in [5.74, 6) is 1.78. The average Bonchev–Trinajstić information content (AvgIpc) is 3.42. The van der Waals surface area contributed by atoms with Gasteiger partial charge in [-0.2, -0.15) is 0 Å². The molecule has 1 N–H and O–H groups in total. The van der Waals surface area contributed by atoms with Crippen molar-refractivity contribution in [1.82, 2.24) is 0 Å². The van der Waals surface area contributed by atoms with Crippen molar-refractivity contribution in [1.29, 1.82) is 0 Å². The lowest BCUT2D eigenvalue weighted by Crippen LogP contribution is -2.29. The number of allylic oxidation sites excluding steroid dienone is 2. The molecule has 5 heteroatoms. The molecule has 1 aliphatic heterocycles. The number of hydrogen-bond donors (Lipinski definition) is 1. The van der Waals surface area contributed by atoms with Gasteiger partial charge in [-0.3, -0.25) is 4.99 Å². The number of fused-ring (bicyclic) bond motifs is 3. The van der Waals surface area contributed by atoms with E-state index in [0.29, 0.717) is 18.4 Å². The summed E-state index contributed by atoms with van der Waals surface area (Å²) in [5.41, 5.74) is 8.22. The summed E-state index contributed by atoms with van der Waals surface area (Å²) in [6.45, 7) is 2.66. The van der Waals surface area contributed by atoms with E-state index in [9.17, 15) is 0 Å². The van der Waals surface area contributed by atoms with Gasteiger partial charge in [0.2, 0.25) is 0 Å². The number of hydrogen-bond acceptors (Lipinski definition) is 3. The minimum absolute atomic E-state index is 0.280. The van der Waals surface area contributed by atoms with Crippen LogP contribution in [0.5, 0.6) is 5.75 Å². The zero-order chi connectivity index (χ0) is 26.1. The van der Waals surface area contributed by atoms with Crippen molar-refractivity contribution in [2.24, 2.45) is 10.9 Å². The van der Waals surface area contributed by atoms with Crippen LogP contribution < -0.4 is 10.1 Å². The fourth-order valence-electron chi connectivity index (χ4n) is 5.51. The van der Waals surface area contributed by atoms with E-state index in [4.69, 9.17) is 9.73 Å². The number of aryl methyl sites for hydroxylation is 1. The smallest absolute Gasteiger partial charge is 0.142 e. The zero-order valence-corrected chi connectivity index (χ0v) is 24.2. The van der Waals surface area contributed by atoms with Gasteiger partial charge in [0.25, 0.3) is 0 Å². The highest BCUT2D eigenvalue weighted by Gasteiger charge is 2.37. The van der Waals surface area contributed by atoms with Gasteiger partial charge in [0.05, 0.1) is 16.2 Å². The SMILES string of the molecule is Cc1ccc2c(c1)[C@@H]1C=CC[C@@H]1[C@@H](c1ccc(N=Cc3cc(Br)cc(Br)c3OCc3ccccc3)cc1)N2. The first-order valence-corrected chi connectivity index (χ1v) is 14.5. The van der Waals surface area contributed by atoms with Gasteiger partial charge in [-0.1, -0.05) is 88.2 Å². The summed E-state index contributed by atoms with van der Waals surface area (Å²) in [4.78, 5) is 4.79. The van der Waals surface area contributed by atoms with Crippen molar-refractivity contribution in [2.45, 2.75) is 31.9 Å². The molecule has 3 nitrogen and oxygen atoms in total. The summed E-state index contributed by atoms with van der Waals surface area (Å²) >= 11 is 7.26. The van der Waals surface area contributed by atoms with Crippen molar-refractivity contribution < 1.29 is 4.74 Å². The third-order valence-corrected chi connectivity index (χ3v) is 8.43. The summed E-state index contributed by atoms with van der Waals surface area (Å²) in [6.07, 6.45) is 7.70. The first-order valence-electron chi connectivity index (χ1n) is 12.9. The van der Waals surface area contributed by atoms with Gasteiger partial charge in [-0.15, -0.1) is 0 Å². The first kappa shape index (κ1) is 25.1. The van der Waals surface area contributed by atoms with Crippen LogP contribution in [0.2, 0.25) is 0 Å². The van der Waals surface area contributed by atoms with Crippen molar-refractivity contribution in [3.8, 4) is 5.75 Å². The van der Waals surface area contributed by atoms with E-state index in [2.05, 4.69) is 111 Å². The number of ether oxygens (including phenoxy) is 1. The molecule has 0 spiro atoms. The Hall–Kier alpha value is -3.15. The number of benzene rings is 4. The fraction of sp³-hybridized carbons (Fsp3) is 0.182. The Kier molecular flexibility index (Phi) is 7.22. The minimum Gasteiger partial charge on any atom is -0.487 e. The van der Waals surface area contributed by atoms with Crippen LogP contribution in [0.15, 0.2) is 111 Å². The maximum absolute atomic E-state index is 6.20. The third kappa shape index (κ3) is 5.23. The highest BCUT2D eigenvalue weighted by atomic mass is 79.9. The molecule has 6 rings (SSSR count). The highest BCUT2D eigenvalue weighted by Crippen LogP contribution is 2.50. The number of rotatable bonds is 6. The molecule has 0 fully saturated rings. The maximum Gasteiger partial charge on any atom is 0.142 e. The van der Waals surface area contributed by atoms with E-state index >= 15 is 0 Å². The Morgan fingerprint density at radius 2 is 1.79 bits per heavy atom. The molecule has 0 radical (unpaired) electrons. The molecule has 4 aromatic rings. The number of anilines is 1. The summed E-state index contributed by atoms with van der Waals surface area (Å²) in [7, 11) is 0. The fourth-order valence-corrected chi connectivity index (χ4v) is 6.89. The van der Waals surface area contributed by atoms with Crippen LogP contribution in [-0.4, -0.2) is 6.21 Å². The predicted octanol–water partition coefficient (Wildman–Crippen LogP) is 9.68. The predicted molar refractivity (Wildman–Crippen MR) is 164 cm³/mol. The number of halogens is 2. The third-order valence-electron chi connectivity index (χ3n) is 7.39. The van der Waals surface area contributed by atoms with Crippen molar-refractivity contribution >= 4 is 49.4 Å². The molecule has 190 valence electrons. The quantitative estimate of drug-likeness (QED) is 0.170. The lowest BCUT2D eigenvalue weighted by molar-refractivity contribution is 0.304. The molecule has 1 heterocycles. The van der Waals surface area contributed by atoms with Gasteiger partial charge < -0.3 is 10.1 Å². The Bertz CT molecular complexity index is 1510. The molecule has 0 bridgehead atoms. The standard InChI is InChI=1S/C33H28Br2N2O/c1-21-10-15-31-29(16-21)27-8-5-9-28(27)32(37-31)23-11-13-26(14-12-23)36-19-24-17-25(34)18-30(35)33(24)38-20-22-6-3-2-4-7-22/h2-8,10-19,27-28,32,37H,9,20H2,1H3/t27-,28+,32-/m1/s1. The van der Waals surface area contributed by atoms with Crippen molar-refractivity contribution in [2.75, 3.05) is 5.32 Å². The van der Waals surface area contributed by atoms with Gasteiger partial charge in [-0.25, -0.2) is 0 Å². The topological polar surface area (TPSA) is 33.6 Å². The molecule has 0 aromatic heterocycles. The molecule has 38 heavy (non-hydrogen) atoms. The van der Waals surface area contributed by atoms with Crippen molar-refractivity contribution in [3.05, 3.63) is 134 Å². The summed E-state index contributed by atoms with van der Waals surface area (Å²) in [6, 6.07) is 29.9. The van der Waals surface area contributed by atoms with Crippen LogP contribution in [0.25, 0.3) is 0 Å². The van der Waals surface area contributed by atoms with Gasteiger partial charge in [0.15, 0.2) is 0 Å². The minimum atomic E-state index is 0.280. The Labute approximate surface area is 240 Å². The molecular weight excluding hydrogens is 600 g/mol. The zero-order valence-electron chi connectivity index (χ0n) is 21.1. The van der Waals surface area contributed by atoms with E-state index < -0.39 is 0 Å². The van der Waals surface area contributed by atoms with Gasteiger partial charge in [0.1, 0.15) is 12.4 Å². The van der Waals surface area contributed by atoms with E-state index in [-0.39, 0.29) is 6.04 Å². The normalized spacial score (nSPS) is 19.7. The highest BCUT2D eigenvalue weighted by molar-refractivity contribution is 9.11. The molecule has 0 amide bonds. The van der Waals surface area contributed by atoms with Gasteiger partial charge >= 0.3 is 0 Å².